The lowest BCUT2D eigenvalue weighted by Crippen LogP contribution is -2.15. The van der Waals surface area contributed by atoms with Gasteiger partial charge in [0.2, 0.25) is 11.1 Å². The standard InChI is InChI=1S/C18H17N3O2S/c1-12-7-6-10-15(13(12)2)19-16(22)11-24-18-20-17(23-21-18)14-8-4-3-5-9-14/h3-10H,11H2,1-2H3,(H,19,22). The minimum atomic E-state index is -0.0974. The minimum Gasteiger partial charge on any atom is -0.333 e. The van der Waals surface area contributed by atoms with Gasteiger partial charge in [0, 0.05) is 11.3 Å². The van der Waals surface area contributed by atoms with Crippen LogP contribution in [-0.2, 0) is 4.79 Å². The van der Waals surface area contributed by atoms with Crippen LogP contribution in [0.2, 0.25) is 0 Å². The van der Waals surface area contributed by atoms with Crippen LogP contribution in [0.15, 0.2) is 58.2 Å². The first-order valence-electron chi connectivity index (χ1n) is 7.51. The van der Waals surface area contributed by atoms with Crippen LogP contribution in [0.3, 0.4) is 0 Å². The Balaban J connectivity index is 1.59. The molecular weight excluding hydrogens is 322 g/mol. The fourth-order valence-electron chi connectivity index (χ4n) is 2.17. The third kappa shape index (κ3) is 3.83. The summed E-state index contributed by atoms with van der Waals surface area (Å²) in [6.07, 6.45) is 0. The molecule has 2 aromatic carbocycles. The number of hydrogen-bond acceptors (Lipinski definition) is 5. The van der Waals surface area contributed by atoms with E-state index in [9.17, 15) is 4.79 Å². The third-order valence-electron chi connectivity index (χ3n) is 3.64. The molecule has 1 N–H and O–H groups in total. The molecular formula is C18H17N3O2S. The zero-order valence-electron chi connectivity index (χ0n) is 13.4. The molecule has 1 aromatic heterocycles. The monoisotopic (exact) mass is 339 g/mol. The first-order chi connectivity index (χ1) is 11.6. The number of anilines is 1. The zero-order chi connectivity index (χ0) is 16.9. The van der Waals surface area contributed by atoms with E-state index in [2.05, 4.69) is 15.5 Å². The van der Waals surface area contributed by atoms with Crippen LogP contribution in [0.5, 0.6) is 0 Å². The van der Waals surface area contributed by atoms with Crippen LogP contribution in [-0.4, -0.2) is 21.8 Å². The average Bonchev–Trinajstić information content (AvgIpc) is 3.07. The van der Waals surface area contributed by atoms with E-state index in [0.29, 0.717) is 11.0 Å². The van der Waals surface area contributed by atoms with Gasteiger partial charge in [-0.1, -0.05) is 42.1 Å². The van der Waals surface area contributed by atoms with Crippen molar-refractivity contribution in [2.75, 3.05) is 11.1 Å². The first-order valence-corrected chi connectivity index (χ1v) is 8.50. The maximum atomic E-state index is 12.1. The molecule has 24 heavy (non-hydrogen) atoms. The number of nitrogens with zero attached hydrogens (tertiary/aromatic N) is 2. The summed E-state index contributed by atoms with van der Waals surface area (Å²) in [6, 6.07) is 15.4. The zero-order valence-corrected chi connectivity index (χ0v) is 14.3. The van der Waals surface area contributed by atoms with E-state index in [0.717, 1.165) is 22.4 Å². The van der Waals surface area contributed by atoms with Gasteiger partial charge in [-0.05, 0) is 48.3 Å². The van der Waals surface area contributed by atoms with Gasteiger partial charge in [0.05, 0.1) is 5.75 Å². The number of amides is 1. The van der Waals surface area contributed by atoms with Crippen molar-refractivity contribution in [2.45, 2.75) is 19.0 Å². The molecule has 0 saturated heterocycles. The summed E-state index contributed by atoms with van der Waals surface area (Å²) in [5, 5.41) is 7.26. The van der Waals surface area contributed by atoms with Gasteiger partial charge in [-0.15, -0.1) is 0 Å². The van der Waals surface area contributed by atoms with Gasteiger partial charge in [-0.25, -0.2) is 0 Å². The number of carbonyl (C=O) groups excluding carboxylic acids is 1. The molecule has 6 heteroatoms. The van der Waals surface area contributed by atoms with E-state index in [1.165, 1.54) is 11.8 Å². The van der Waals surface area contributed by atoms with Crippen LogP contribution in [0.1, 0.15) is 11.1 Å². The molecule has 0 spiro atoms. The molecule has 0 atom stereocenters. The Kier molecular flexibility index (Phi) is 4.96. The maximum Gasteiger partial charge on any atom is 0.258 e. The predicted octanol–water partition coefficient (Wildman–Crippen LogP) is 4.08. The Hall–Kier alpha value is -2.60. The minimum absolute atomic E-state index is 0.0974. The van der Waals surface area contributed by atoms with Crippen molar-refractivity contribution in [2.24, 2.45) is 0 Å². The van der Waals surface area contributed by atoms with Crippen molar-refractivity contribution < 1.29 is 9.32 Å². The predicted molar refractivity (Wildman–Crippen MR) is 95.0 cm³/mol. The highest BCUT2D eigenvalue weighted by Crippen LogP contribution is 2.22. The summed E-state index contributed by atoms with van der Waals surface area (Å²) in [5.74, 6) is 0.578. The number of aryl methyl sites for hydroxylation is 1. The van der Waals surface area contributed by atoms with E-state index in [4.69, 9.17) is 4.52 Å². The molecule has 0 aliphatic heterocycles. The van der Waals surface area contributed by atoms with E-state index in [1.54, 1.807) is 0 Å². The van der Waals surface area contributed by atoms with E-state index in [-0.39, 0.29) is 11.7 Å². The summed E-state index contributed by atoms with van der Waals surface area (Å²) in [6.45, 7) is 4.01. The van der Waals surface area contributed by atoms with Gasteiger partial charge in [-0.2, -0.15) is 4.98 Å². The molecule has 0 fully saturated rings. The van der Waals surface area contributed by atoms with Crippen LogP contribution in [0, 0.1) is 13.8 Å². The van der Waals surface area contributed by atoms with E-state index < -0.39 is 0 Å². The Labute approximate surface area is 144 Å². The highest BCUT2D eigenvalue weighted by atomic mass is 32.2. The van der Waals surface area contributed by atoms with Gasteiger partial charge in [0.25, 0.3) is 5.89 Å². The number of rotatable bonds is 5. The number of carbonyl (C=O) groups is 1. The first kappa shape index (κ1) is 16.3. The smallest absolute Gasteiger partial charge is 0.258 e. The Morgan fingerprint density at radius 2 is 1.92 bits per heavy atom. The highest BCUT2D eigenvalue weighted by molar-refractivity contribution is 7.99. The maximum absolute atomic E-state index is 12.1. The third-order valence-corrected chi connectivity index (χ3v) is 4.47. The normalized spacial score (nSPS) is 10.6. The number of nitrogens with one attached hydrogen (secondary N) is 1. The molecule has 0 saturated carbocycles. The molecule has 0 radical (unpaired) electrons. The van der Waals surface area contributed by atoms with E-state index in [1.807, 2.05) is 62.4 Å². The van der Waals surface area contributed by atoms with Crippen molar-refractivity contribution in [1.29, 1.82) is 0 Å². The molecule has 0 bridgehead atoms. The van der Waals surface area contributed by atoms with E-state index >= 15 is 0 Å². The molecule has 1 amide bonds. The van der Waals surface area contributed by atoms with Gasteiger partial charge in [0.15, 0.2) is 0 Å². The largest absolute Gasteiger partial charge is 0.333 e. The van der Waals surface area contributed by atoms with Crippen molar-refractivity contribution in [3.63, 3.8) is 0 Å². The Morgan fingerprint density at radius 3 is 2.71 bits per heavy atom. The number of hydrogen-bond donors (Lipinski definition) is 1. The molecule has 0 aliphatic carbocycles. The Morgan fingerprint density at radius 1 is 1.12 bits per heavy atom. The quantitative estimate of drug-likeness (QED) is 0.709. The van der Waals surface area contributed by atoms with Gasteiger partial charge >= 0.3 is 0 Å². The second-order valence-corrected chi connectivity index (χ2v) is 6.27. The number of aromatic nitrogens is 2. The van der Waals surface area contributed by atoms with Crippen molar-refractivity contribution >= 4 is 23.4 Å². The second-order valence-electron chi connectivity index (χ2n) is 5.33. The fourth-order valence-corrected chi connectivity index (χ4v) is 2.74. The fraction of sp³-hybridized carbons (Fsp3) is 0.167. The van der Waals surface area contributed by atoms with Crippen molar-refractivity contribution in [3.05, 3.63) is 59.7 Å². The molecule has 0 unspecified atom stereocenters. The molecule has 3 rings (SSSR count). The summed E-state index contributed by atoms with van der Waals surface area (Å²) in [4.78, 5) is 16.4. The van der Waals surface area contributed by atoms with Gasteiger partial charge in [0.1, 0.15) is 0 Å². The molecule has 0 aliphatic rings. The lowest BCUT2D eigenvalue weighted by Gasteiger charge is -2.09. The number of thioether (sulfide) groups is 1. The lowest BCUT2D eigenvalue weighted by molar-refractivity contribution is -0.113. The topological polar surface area (TPSA) is 68.0 Å². The molecule has 5 nitrogen and oxygen atoms in total. The second kappa shape index (κ2) is 7.31. The highest BCUT2D eigenvalue weighted by Gasteiger charge is 2.12. The molecule has 122 valence electrons. The van der Waals surface area contributed by atoms with Crippen LogP contribution < -0.4 is 5.32 Å². The van der Waals surface area contributed by atoms with Gasteiger partial charge < -0.3 is 9.84 Å². The summed E-state index contributed by atoms with van der Waals surface area (Å²) < 4.78 is 5.22. The summed E-state index contributed by atoms with van der Waals surface area (Å²) in [7, 11) is 0. The van der Waals surface area contributed by atoms with Crippen LogP contribution >= 0.6 is 11.8 Å². The van der Waals surface area contributed by atoms with Gasteiger partial charge in [-0.3, -0.25) is 4.79 Å². The van der Waals surface area contributed by atoms with Crippen molar-refractivity contribution in [1.82, 2.24) is 10.1 Å². The summed E-state index contributed by atoms with van der Waals surface area (Å²) >= 11 is 1.25. The van der Waals surface area contributed by atoms with Crippen LogP contribution in [0.4, 0.5) is 5.69 Å². The van der Waals surface area contributed by atoms with Crippen LogP contribution in [0.25, 0.3) is 11.5 Å². The van der Waals surface area contributed by atoms with Crippen molar-refractivity contribution in [3.8, 4) is 11.5 Å². The summed E-state index contributed by atoms with van der Waals surface area (Å²) in [5.41, 5.74) is 3.91. The molecule has 3 aromatic rings. The Bertz CT molecular complexity index is 846. The number of benzene rings is 2. The average molecular weight is 339 g/mol. The lowest BCUT2D eigenvalue weighted by atomic mass is 10.1. The molecule has 1 heterocycles. The SMILES string of the molecule is Cc1cccc(NC(=O)CSc2noc(-c3ccccc3)n2)c1C.